The van der Waals surface area contributed by atoms with Gasteiger partial charge in [-0.1, -0.05) is 0 Å². The maximum Gasteiger partial charge on any atom is 0.302 e. The standard InChI is InChI=1S/C16H24IN5O4/c1-4-24-12(25-5-2)6-11(8-26-10(3)23)7-22-9-19-13-14(17)20-16(18)21-15(13)22/h9,11-12H,4-8H2,1-3H3,(H2,18,20,21)/t11-/m1/s1. The van der Waals surface area contributed by atoms with Crippen LogP contribution in [0.1, 0.15) is 27.2 Å². The molecule has 0 bridgehead atoms. The van der Waals surface area contributed by atoms with Crippen LogP contribution in [0.3, 0.4) is 0 Å². The molecule has 10 heteroatoms. The summed E-state index contributed by atoms with van der Waals surface area (Å²) in [6, 6.07) is 0. The number of hydrogen-bond acceptors (Lipinski definition) is 8. The summed E-state index contributed by atoms with van der Waals surface area (Å²) in [5.41, 5.74) is 7.11. The van der Waals surface area contributed by atoms with Crippen molar-refractivity contribution in [2.75, 3.05) is 25.6 Å². The number of nitrogens with zero attached hydrogens (tertiary/aromatic N) is 4. The highest BCUT2D eigenvalue weighted by atomic mass is 127. The Hall–Kier alpha value is -1.53. The van der Waals surface area contributed by atoms with Gasteiger partial charge >= 0.3 is 5.97 Å². The number of carbonyl (C=O) groups is 1. The van der Waals surface area contributed by atoms with Gasteiger partial charge in [-0.2, -0.15) is 4.98 Å². The second-order valence-corrected chi connectivity index (χ2v) is 6.71. The molecule has 2 N–H and O–H groups in total. The molecule has 0 aromatic carbocycles. The van der Waals surface area contributed by atoms with Gasteiger partial charge in [0.25, 0.3) is 0 Å². The number of nitrogen functional groups attached to an aromatic ring is 1. The minimum absolute atomic E-state index is 0.0340. The number of hydrogen-bond donors (Lipinski definition) is 1. The van der Waals surface area contributed by atoms with E-state index in [1.54, 1.807) is 6.33 Å². The highest BCUT2D eigenvalue weighted by molar-refractivity contribution is 14.1. The number of anilines is 1. The number of ether oxygens (including phenoxy) is 3. The van der Waals surface area contributed by atoms with E-state index in [9.17, 15) is 4.79 Å². The first-order chi connectivity index (χ1) is 12.4. The summed E-state index contributed by atoms with van der Waals surface area (Å²) in [5, 5.41) is 0. The van der Waals surface area contributed by atoms with Crippen molar-refractivity contribution < 1.29 is 19.0 Å². The van der Waals surface area contributed by atoms with E-state index in [1.807, 2.05) is 18.4 Å². The lowest BCUT2D eigenvalue weighted by Gasteiger charge is -2.23. The average molecular weight is 477 g/mol. The molecular weight excluding hydrogens is 453 g/mol. The topological polar surface area (TPSA) is 114 Å². The third kappa shape index (κ3) is 5.74. The minimum Gasteiger partial charge on any atom is -0.466 e. The summed E-state index contributed by atoms with van der Waals surface area (Å²) in [5.74, 6) is -0.161. The smallest absolute Gasteiger partial charge is 0.302 e. The van der Waals surface area contributed by atoms with Gasteiger partial charge in [0, 0.05) is 39.0 Å². The zero-order chi connectivity index (χ0) is 19.1. The number of halogens is 1. The third-order valence-electron chi connectivity index (χ3n) is 3.65. The monoisotopic (exact) mass is 477 g/mol. The first-order valence-corrected chi connectivity index (χ1v) is 9.52. The molecule has 0 saturated heterocycles. The largest absolute Gasteiger partial charge is 0.466 e. The maximum atomic E-state index is 11.2. The van der Waals surface area contributed by atoms with E-state index in [0.717, 1.165) is 0 Å². The van der Waals surface area contributed by atoms with Gasteiger partial charge in [0.1, 0.15) is 9.22 Å². The van der Waals surface area contributed by atoms with Gasteiger partial charge < -0.3 is 24.5 Å². The van der Waals surface area contributed by atoms with Crippen LogP contribution in [0, 0.1) is 9.62 Å². The summed E-state index contributed by atoms with van der Waals surface area (Å²) in [6.07, 6.45) is 1.91. The van der Waals surface area contributed by atoms with Crippen LogP contribution in [-0.4, -0.2) is 51.6 Å². The molecular formula is C16H24IN5O4. The molecule has 0 radical (unpaired) electrons. The molecule has 26 heavy (non-hydrogen) atoms. The summed E-state index contributed by atoms with van der Waals surface area (Å²) in [4.78, 5) is 24.0. The molecule has 0 aliphatic carbocycles. The number of rotatable bonds is 10. The SMILES string of the molecule is CCOC(C[C@@H](COC(C)=O)Cn1cnc2c(I)nc(N)nc21)OCC. The van der Waals surface area contributed by atoms with Crippen molar-refractivity contribution in [3.05, 3.63) is 10.0 Å². The molecule has 144 valence electrons. The Labute approximate surface area is 165 Å². The predicted molar refractivity (Wildman–Crippen MR) is 104 cm³/mol. The van der Waals surface area contributed by atoms with E-state index in [-0.39, 0.29) is 30.7 Å². The molecule has 9 nitrogen and oxygen atoms in total. The van der Waals surface area contributed by atoms with Gasteiger partial charge in [-0.15, -0.1) is 0 Å². The van der Waals surface area contributed by atoms with E-state index in [1.165, 1.54) is 6.92 Å². The summed E-state index contributed by atoms with van der Waals surface area (Å²) in [7, 11) is 0. The Bertz CT molecular complexity index is 733. The molecule has 0 amide bonds. The minimum atomic E-state index is -0.361. The van der Waals surface area contributed by atoms with Gasteiger partial charge in [0.15, 0.2) is 11.9 Å². The van der Waals surface area contributed by atoms with Crippen molar-refractivity contribution in [3.8, 4) is 0 Å². The van der Waals surface area contributed by atoms with E-state index < -0.39 is 0 Å². The molecule has 0 saturated carbocycles. The fourth-order valence-corrected chi connectivity index (χ4v) is 3.22. The van der Waals surface area contributed by atoms with Gasteiger partial charge in [-0.05, 0) is 36.4 Å². The lowest BCUT2D eigenvalue weighted by Crippen LogP contribution is -2.27. The maximum absolute atomic E-state index is 11.2. The number of nitrogens with two attached hydrogens (primary N) is 1. The van der Waals surface area contributed by atoms with Crippen LogP contribution in [0.4, 0.5) is 5.95 Å². The van der Waals surface area contributed by atoms with Crippen LogP contribution in [0.15, 0.2) is 6.33 Å². The number of fused-ring (bicyclic) bond motifs is 1. The second kappa shape index (κ2) is 9.97. The molecule has 1 atom stereocenters. The third-order valence-corrected chi connectivity index (χ3v) is 4.40. The normalized spacial score (nSPS) is 12.7. The summed E-state index contributed by atoms with van der Waals surface area (Å²) in [6.45, 7) is 7.09. The Morgan fingerprint density at radius 1 is 1.31 bits per heavy atom. The number of carbonyl (C=O) groups excluding carboxylic acids is 1. The zero-order valence-corrected chi connectivity index (χ0v) is 17.3. The van der Waals surface area contributed by atoms with E-state index in [2.05, 4.69) is 37.5 Å². The summed E-state index contributed by atoms with van der Waals surface area (Å²) < 4.78 is 19.1. The number of aromatic nitrogens is 4. The number of esters is 1. The van der Waals surface area contributed by atoms with E-state index in [4.69, 9.17) is 19.9 Å². The van der Waals surface area contributed by atoms with E-state index in [0.29, 0.717) is 41.0 Å². The lowest BCUT2D eigenvalue weighted by molar-refractivity contribution is -0.156. The van der Waals surface area contributed by atoms with Crippen LogP contribution in [0.5, 0.6) is 0 Å². The van der Waals surface area contributed by atoms with Crippen LogP contribution in [-0.2, 0) is 25.5 Å². The van der Waals surface area contributed by atoms with Crippen LogP contribution in [0.2, 0.25) is 0 Å². The first kappa shape index (κ1) is 20.8. The van der Waals surface area contributed by atoms with Crippen molar-refractivity contribution in [1.29, 1.82) is 0 Å². The predicted octanol–water partition coefficient (Wildman–Crippen LogP) is 1.98. The fraction of sp³-hybridized carbons (Fsp3) is 0.625. The van der Waals surface area contributed by atoms with Crippen molar-refractivity contribution in [3.63, 3.8) is 0 Å². The Morgan fingerprint density at radius 3 is 2.62 bits per heavy atom. The van der Waals surface area contributed by atoms with Crippen molar-refractivity contribution in [1.82, 2.24) is 19.5 Å². The molecule has 0 aliphatic heterocycles. The first-order valence-electron chi connectivity index (χ1n) is 8.44. The highest BCUT2D eigenvalue weighted by Crippen LogP contribution is 2.20. The molecule has 2 aromatic heterocycles. The molecule has 2 heterocycles. The van der Waals surface area contributed by atoms with Gasteiger partial charge in [-0.3, -0.25) is 4.79 Å². The van der Waals surface area contributed by atoms with Crippen molar-refractivity contribution >= 4 is 45.7 Å². The molecule has 0 unspecified atom stereocenters. The Morgan fingerprint density at radius 2 is 2.00 bits per heavy atom. The van der Waals surface area contributed by atoms with Crippen LogP contribution < -0.4 is 5.73 Å². The fourth-order valence-electron chi connectivity index (χ4n) is 2.60. The molecule has 0 aliphatic rings. The second-order valence-electron chi connectivity index (χ2n) is 5.69. The van der Waals surface area contributed by atoms with Crippen molar-refractivity contribution in [2.24, 2.45) is 5.92 Å². The van der Waals surface area contributed by atoms with Crippen LogP contribution in [0.25, 0.3) is 11.2 Å². The average Bonchev–Trinajstić information content (AvgIpc) is 2.96. The van der Waals surface area contributed by atoms with Gasteiger partial charge in [0.2, 0.25) is 5.95 Å². The summed E-state index contributed by atoms with van der Waals surface area (Å²) >= 11 is 2.08. The Balaban J connectivity index is 2.21. The molecule has 2 rings (SSSR count). The molecule has 0 fully saturated rings. The molecule has 2 aromatic rings. The quantitative estimate of drug-likeness (QED) is 0.239. The zero-order valence-electron chi connectivity index (χ0n) is 15.1. The van der Waals surface area contributed by atoms with Gasteiger partial charge in [0.05, 0.1) is 12.9 Å². The Kier molecular flexibility index (Phi) is 7.97. The highest BCUT2D eigenvalue weighted by Gasteiger charge is 2.21. The van der Waals surface area contributed by atoms with Crippen molar-refractivity contribution in [2.45, 2.75) is 40.0 Å². The van der Waals surface area contributed by atoms with Gasteiger partial charge in [-0.25, -0.2) is 9.97 Å². The van der Waals surface area contributed by atoms with E-state index >= 15 is 0 Å². The number of imidazole rings is 1. The lowest BCUT2D eigenvalue weighted by atomic mass is 10.1. The van der Waals surface area contributed by atoms with Crippen LogP contribution >= 0.6 is 22.6 Å². The molecule has 0 spiro atoms.